The highest BCUT2D eigenvalue weighted by Gasteiger charge is 2.51. The minimum absolute atomic E-state index is 0.0191. The van der Waals surface area contributed by atoms with Crippen molar-refractivity contribution in [1.82, 2.24) is 10.2 Å². The Bertz CT molecular complexity index is 671. The Morgan fingerprint density at radius 2 is 2.14 bits per heavy atom. The van der Waals surface area contributed by atoms with E-state index in [-0.39, 0.29) is 11.4 Å². The number of likely N-dealkylation sites (tertiary alicyclic amines) is 1. The van der Waals surface area contributed by atoms with Crippen LogP contribution in [0.15, 0.2) is 34.7 Å². The Morgan fingerprint density at radius 1 is 1.33 bits per heavy atom. The molecular formula is C17H20N2O2. The summed E-state index contributed by atoms with van der Waals surface area (Å²) in [5.74, 6) is 1.57. The van der Waals surface area contributed by atoms with Gasteiger partial charge in [0.05, 0.1) is 0 Å². The molecule has 0 aliphatic carbocycles. The van der Waals surface area contributed by atoms with Gasteiger partial charge >= 0.3 is 0 Å². The summed E-state index contributed by atoms with van der Waals surface area (Å²) >= 11 is 0. The third-order valence-electron chi connectivity index (χ3n) is 5.24. The van der Waals surface area contributed by atoms with Crippen molar-refractivity contribution in [2.75, 3.05) is 19.6 Å². The minimum atomic E-state index is -0.121. The lowest BCUT2D eigenvalue weighted by Gasteiger charge is -2.35. The molecule has 0 radical (unpaired) electrons. The van der Waals surface area contributed by atoms with Gasteiger partial charge in [0.25, 0.3) is 5.91 Å². The number of carbonyl (C=O) groups excluding carboxylic acids is 1. The van der Waals surface area contributed by atoms with Crippen molar-refractivity contribution in [3.63, 3.8) is 0 Å². The Kier molecular flexibility index (Phi) is 2.67. The van der Waals surface area contributed by atoms with E-state index in [9.17, 15) is 4.79 Å². The first-order valence-corrected chi connectivity index (χ1v) is 7.58. The number of furan rings is 1. The molecule has 1 aromatic carbocycles. The number of para-hydroxylation sites is 1. The molecule has 2 aliphatic heterocycles. The Balaban J connectivity index is 1.68. The molecule has 21 heavy (non-hydrogen) atoms. The van der Waals surface area contributed by atoms with Crippen LogP contribution in [0.2, 0.25) is 0 Å². The average Bonchev–Trinajstić information content (AvgIpc) is 3.14. The number of amides is 1. The predicted octanol–water partition coefficient (Wildman–Crippen LogP) is 2.50. The van der Waals surface area contributed by atoms with Gasteiger partial charge in [-0.15, -0.1) is 0 Å². The van der Waals surface area contributed by atoms with E-state index >= 15 is 0 Å². The van der Waals surface area contributed by atoms with Gasteiger partial charge in [0, 0.05) is 30.6 Å². The van der Waals surface area contributed by atoms with Gasteiger partial charge in [0.2, 0.25) is 0 Å². The van der Waals surface area contributed by atoms with Gasteiger partial charge in [-0.1, -0.05) is 18.2 Å². The zero-order chi connectivity index (χ0) is 14.6. The maximum absolute atomic E-state index is 12.9. The van der Waals surface area contributed by atoms with Gasteiger partial charge in [0.1, 0.15) is 5.58 Å². The summed E-state index contributed by atoms with van der Waals surface area (Å²) in [6, 6.07) is 9.63. The monoisotopic (exact) mass is 284 g/mol. The second-order valence-corrected chi connectivity index (χ2v) is 6.74. The molecule has 110 valence electrons. The lowest BCUT2D eigenvalue weighted by molar-refractivity contribution is 0.0573. The standard InChI is InChI=1S/C17H20N2O2/c1-17(2)13-9-18-8-12(13)10-19(17)16(20)15-7-11-5-3-4-6-14(11)21-15/h3-7,12-13,18H,8-10H2,1-2H3. The summed E-state index contributed by atoms with van der Waals surface area (Å²) in [4.78, 5) is 14.9. The lowest BCUT2D eigenvalue weighted by atomic mass is 9.85. The normalized spacial score (nSPS) is 27.2. The lowest BCUT2D eigenvalue weighted by Crippen LogP contribution is -2.47. The van der Waals surface area contributed by atoms with E-state index in [2.05, 4.69) is 19.2 Å². The molecule has 2 saturated heterocycles. The van der Waals surface area contributed by atoms with E-state index in [1.165, 1.54) is 0 Å². The van der Waals surface area contributed by atoms with Crippen molar-refractivity contribution in [2.24, 2.45) is 11.8 Å². The summed E-state index contributed by atoms with van der Waals surface area (Å²) in [6.45, 7) is 7.18. The molecule has 0 saturated carbocycles. The SMILES string of the molecule is CC1(C)C2CNCC2CN1C(=O)c1cc2ccccc2o1. The Hall–Kier alpha value is -1.81. The number of nitrogens with one attached hydrogen (secondary N) is 1. The molecule has 2 unspecified atom stereocenters. The molecule has 4 heteroatoms. The van der Waals surface area contributed by atoms with Crippen LogP contribution >= 0.6 is 0 Å². The summed E-state index contributed by atoms with van der Waals surface area (Å²) in [6.07, 6.45) is 0. The topological polar surface area (TPSA) is 45.5 Å². The summed E-state index contributed by atoms with van der Waals surface area (Å²) < 4.78 is 5.75. The minimum Gasteiger partial charge on any atom is -0.451 e. The fraction of sp³-hybridized carbons (Fsp3) is 0.471. The van der Waals surface area contributed by atoms with E-state index in [0.717, 1.165) is 30.6 Å². The van der Waals surface area contributed by atoms with E-state index in [4.69, 9.17) is 4.42 Å². The van der Waals surface area contributed by atoms with Crippen molar-refractivity contribution in [1.29, 1.82) is 0 Å². The molecule has 1 N–H and O–H groups in total. The second kappa shape index (κ2) is 4.34. The molecule has 4 nitrogen and oxygen atoms in total. The first-order chi connectivity index (χ1) is 10.1. The zero-order valence-corrected chi connectivity index (χ0v) is 12.4. The van der Waals surface area contributed by atoms with Gasteiger partial charge in [-0.25, -0.2) is 0 Å². The predicted molar refractivity (Wildman–Crippen MR) is 81.2 cm³/mol. The molecule has 2 aliphatic rings. The van der Waals surface area contributed by atoms with Crippen LogP contribution in [0.5, 0.6) is 0 Å². The van der Waals surface area contributed by atoms with Crippen LogP contribution in [0, 0.1) is 11.8 Å². The molecule has 2 aromatic rings. The molecule has 1 aromatic heterocycles. The quantitative estimate of drug-likeness (QED) is 0.875. The van der Waals surface area contributed by atoms with Crippen LogP contribution in [0.25, 0.3) is 11.0 Å². The highest BCUT2D eigenvalue weighted by Crippen LogP contribution is 2.41. The molecule has 3 heterocycles. The van der Waals surface area contributed by atoms with Crippen molar-refractivity contribution in [2.45, 2.75) is 19.4 Å². The van der Waals surface area contributed by atoms with Crippen LogP contribution in [-0.2, 0) is 0 Å². The second-order valence-electron chi connectivity index (χ2n) is 6.74. The molecule has 1 amide bonds. The van der Waals surface area contributed by atoms with Crippen LogP contribution in [0.3, 0.4) is 0 Å². The van der Waals surface area contributed by atoms with Gasteiger partial charge in [-0.05, 0) is 37.8 Å². The van der Waals surface area contributed by atoms with Crippen molar-refractivity contribution in [3.8, 4) is 0 Å². The summed E-state index contributed by atoms with van der Waals surface area (Å²) in [5, 5.41) is 4.43. The number of rotatable bonds is 1. The van der Waals surface area contributed by atoms with Crippen LogP contribution in [0.1, 0.15) is 24.4 Å². The maximum atomic E-state index is 12.9. The van der Waals surface area contributed by atoms with E-state index in [1.54, 1.807) is 0 Å². The molecule has 4 rings (SSSR count). The average molecular weight is 284 g/mol. The van der Waals surface area contributed by atoms with Gasteiger partial charge < -0.3 is 14.6 Å². The molecule has 0 spiro atoms. The van der Waals surface area contributed by atoms with Gasteiger partial charge in [-0.2, -0.15) is 0 Å². The van der Waals surface area contributed by atoms with Crippen molar-refractivity contribution < 1.29 is 9.21 Å². The van der Waals surface area contributed by atoms with E-state index < -0.39 is 0 Å². The van der Waals surface area contributed by atoms with Crippen molar-refractivity contribution >= 4 is 16.9 Å². The smallest absolute Gasteiger partial charge is 0.290 e. The zero-order valence-electron chi connectivity index (χ0n) is 12.4. The maximum Gasteiger partial charge on any atom is 0.290 e. The van der Waals surface area contributed by atoms with Crippen molar-refractivity contribution in [3.05, 3.63) is 36.1 Å². The number of nitrogens with zero attached hydrogens (tertiary/aromatic N) is 1. The van der Waals surface area contributed by atoms with Gasteiger partial charge in [0.15, 0.2) is 5.76 Å². The molecule has 2 fully saturated rings. The Morgan fingerprint density at radius 3 is 2.90 bits per heavy atom. The highest BCUT2D eigenvalue weighted by molar-refractivity contribution is 5.96. The molecule has 2 atom stereocenters. The fourth-order valence-electron chi connectivity index (χ4n) is 3.99. The molecular weight excluding hydrogens is 264 g/mol. The van der Waals surface area contributed by atoms with Gasteiger partial charge in [-0.3, -0.25) is 4.79 Å². The number of hydrogen-bond acceptors (Lipinski definition) is 3. The first-order valence-electron chi connectivity index (χ1n) is 7.58. The summed E-state index contributed by atoms with van der Waals surface area (Å²) in [7, 11) is 0. The number of hydrogen-bond donors (Lipinski definition) is 1. The third-order valence-corrected chi connectivity index (χ3v) is 5.24. The van der Waals surface area contributed by atoms with Crippen LogP contribution in [0.4, 0.5) is 0 Å². The fourth-order valence-corrected chi connectivity index (χ4v) is 3.99. The summed E-state index contributed by atoms with van der Waals surface area (Å²) in [5.41, 5.74) is 0.657. The van der Waals surface area contributed by atoms with E-state index in [1.807, 2.05) is 35.2 Å². The third kappa shape index (κ3) is 1.82. The Labute approximate surface area is 124 Å². The number of fused-ring (bicyclic) bond motifs is 2. The molecule has 0 bridgehead atoms. The number of carbonyl (C=O) groups is 1. The largest absolute Gasteiger partial charge is 0.451 e. The van der Waals surface area contributed by atoms with Crippen LogP contribution in [-0.4, -0.2) is 36.0 Å². The van der Waals surface area contributed by atoms with Crippen LogP contribution < -0.4 is 5.32 Å². The highest BCUT2D eigenvalue weighted by atomic mass is 16.3. The van der Waals surface area contributed by atoms with E-state index in [0.29, 0.717) is 17.6 Å². The first kappa shape index (κ1) is 12.9. The number of benzene rings is 1.